The highest BCUT2D eigenvalue weighted by molar-refractivity contribution is 6.08. The Labute approximate surface area is 270 Å². The molecule has 4 rings (SSSR count). The molecule has 0 aliphatic heterocycles. The first kappa shape index (κ1) is 35.3. The SMILES string of the molecule is COC(=O)C(C)N(C(=O)c1ccco1)c1c(C)cccc1C.COC(=O)[C@@H](C)N(C(=O)Cc1ccccc1)c1c(C)cccc1C. The fourth-order valence-corrected chi connectivity index (χ4v) is 5.30. The Morgan fingerprint density at radius 3 is 1.52 bits per heavy atom. The molecular weight excluding hydrogens is 584 g/mol. The number of methoxy groups -OCH3 is 2. The summed E-state index contributed by atoms with van der Waals surface area (Å²) in [6, 6.07) is 22.8. The maximum absolute atomic E-state index is 13.0. The quantitative estimate of drug-likeness (QED) is 0.194. The first-order valence-electron chi connectivity index (χ1n) is 14.9. The van der Waals surface area contributed by atoms with Crippen LogP contribution >= 0.6 is 0 Å². The Hall–Kier alpha value is -5.18. The van der Waals surface area contributed by atoms with Gasteiger partial charge in [0.1, 0.15) is 12.1 Å². The maximum Gasteiger partial charge on any atom is 0.328 e. The molecule has 1 unspecified atom stereocenters. The van der Waals surface area contributed by atoms with Crippen LogP contribution in [-0.4, -0.2) is 50.1 Å². The zero-order chi connectivity index (χ0) is 34.0. The van der Waals surface area contributed by atoms with Crippen molar-refractivity contribution in [2.24, 2.45) is 0 Å². The van der Waals surface area contributed by atoms with Gasteiger partial charge in [-0.3, -0.25) is 19.4 Å². The van der Waals surface area contributed by atoms with E-state index >= 15 is 0 Å². The minimum Gasteiger partial charge on any atom is -0.467 e. The van der Waals surface area contributed by atoms with Crippen LogP contribution in [0.15, 0.2) is 89.5 Å². The number of esters is 2. The molecule has 0 N–H and O–H groups in total. The molecule has 242 valence electrons. The predicted octanol–water partition coefficient (Wildman–Crippen LogP) is 6.55. The summed E-state index contributed by atoms with van der Waals surface area (Å²) in [5.41, 5.74) is 6.08. The van der Waals surface area contributed by atoms with Crippen molar-refractivity contribution in [2.75, 3.05) is 24.0 Å². The van der Waals surface area contributed by atoms with E-state index in [0.29, 0.717) is 5.69 Å². The third-order valence-corrected chi connectivity index (χ3v) is 7.64. The summed E-state index contributed by atoms with van der Waals surface area (Å²) in [5, 5.41) is 0. The number of rotatable bonds is 9. The second-order valence-corrected chi connectivity index (χ2v) is 11.0. The monoisotopic (exact) mass is 626 g/mol. The molecule has 1 aromatic heterocycles. The lowest BCUT2D eigenvalue weighted by Crippen LogP contribution is -2.45. The molecule has 0 fully saturated rings. The molecule has 0 aliphatic rings. The number of hydrogen-bond acceptors (Lipinski definition) is 7. The molecule has 2 atom stereocenters. The topological polar surface area (TPSA) is 106 Å². The number of amides is 2. The van der Waals surface area contributed by atoms with Crippen LogP contribution in [0.1, 0.15) is 52.2 Å². The largest absolute Gasteiger partial charge is 0.467 e. The molecule has 0 radical (unpaired) electrons. The molecule has 9 nitrogen and oxygen atoms in total. The van der Waals surface area contributed by atoms with Crippen LogP contribution in [0.4, 0.5) is 11.4 Å². The Morgan fingerprint density at radius 2 is 1.09 bits per heavy atom. The molecule has 1 heterocycles. The third-order valence-electron chi connectivity index (χ3n) is 7.64. The summed E-state index contributed by atoms with van der Waals surface area (Å²) >= 11 is 0. The molecule has 4 aromatic rings. The molecule has 0 saturated carbocycles. The molecular formula is C37H42N2O7. The lowest BCUT2D eigenvalue weighted by molar-refractivity contribution is -0.143. The van der Waals surface area contributed by atoms with Gasteiger partial charge in [0.15, 0.2) is 5.76 Å². The molecule has 2 amide bonds. The van der Waals surface area contributed by atoms with Gasteiger partial charge in [-0.05, 0) is 81.5 Å². The minimum absolute atomic E-state index is 0.128. The lowest BCUT2D eigenvalue weighted by Gasteiger charge is -2.30. The summed E-state index contributed by atoms with van der Waals surface area (Å²) in [6.45, 7) is 11.0. The number of aryl methyl sites for hydroxylation is 4. The van der Waals surface area contributed by atoms with Gasteiger partial charge in [0.2, 0.25) is 5.91 Å². The first-order valence-corrected chi connectivity index (χ1v) is 14.9. The zero-order valence-corrected chi connectivity index (χ0v) is 27.7. The van der Waals surface area contributed by atoms with E-state index in [9.17, 15) is 19.2 Å². The molecule has 3 aromatic carbocycles. The van der Waals surface area contributed by atoms with Crippen molar-refractivity contribution >= 4 is 35.1 Å². The Balaban J connectivity index is 0.000000251. The smallest absolute Gasteiger partial charge is 0.328 e. The van der Waals surface area contributed by atoms with E-state index in [-0.39, 0.29) is 24.0 Å². The van der Waals surface area contributed by atoms with Crippen molar-refractivity contribution < 1.29 is 33.1 Å². The highest BCUT2D eigenvalue weighted by atomic mass is 16.5. The number of carbonyl (C=O) groups excluding carboxylic acids is 4. The summed E-state index contributed by atoms with van der Waals surface area (Å²) in [7, 11) is 2.64. The molecule has 9 heteroatoms. The van der Waals surface area contributed by atoms with Crippen LogP contribution < -0.4 is 9.80 Å². The number of furan rings is 1. The molecule has 46 heavy (non-hydrogen) atoms. The van der Waals surface area contributed by atoms with Crippen molar-refractivity contribution in [2.45, 2.75) is 60.0 Å². The van der Waals surface area contributed by atoms with E-state index in [1.54, 1.807) is 30.9 Å². The number of ether oxygens (including phenoxy) is 2. The van der Waals surface area contributed by atoms with Crippen molar-refractivity contribution in [3.63, 3.8) is 0 Å². The first-order chi connectivity index (χ1) is 21.9. The van der Waals surface area contributed by atoms with Gasteiger partial charge in [0, 0.05) is 0 Å². The average Bonchev–Trinajstić information content (AvgIpc) is 3.59. The van der Waals surface area contributed by atoms with Crippen molar-refractivity contribution in [1.29, 1.82) is 0 Å². The summed E-state index contributed by atoms with van der Waals surface area (Å²) in [6.07, 6.45) is 1.66. The zero-order valence-electron chi connectivity index (χ0n) is 27.7. The van der Waals surface area contributed by atoms with Gasteiger partial charge < -0.3 is 13.9 Å². The van der Waals surface area contributed by atoms with E-state index in [1.807, 2.05) is 94.4 Å². The van der Waals surface area contributed by atoms with Crippen molar-refractivity contribution in [3.05, 3.63) is 119 Å². The summed E-state index contributed by atoms with van der Waals surface area (Å²) in [5.74, 6) is -1.24. The van der Waals surface area contributed by atoms with Crippen LogP contribution in [0, 0.1) is 27.7 Å². The van der Waals surface area contributed by atoms with Gasteiger partial charge in [-0.2, -0.15) is 0 Å². The van der Waals surface area contributed by atoms with Crippen molar-refractivity contribution in [1.82, 2.24) is 0 Å². The Bertz CT molecular complexity index is 1610. The number of nitrogens with zero attached hydrogens (tertiary/aromatic N) is 2. The fraction of sp³-hybridized carbons (Fsp3) is 0.297. The Morgan fingerprint density at radius 1 is 0.630 bits per heavy atom. The van der Waals surface area contributed by atoms with Crippen molar-refractivity contribution in [3.8, 4) is 0 Å². The predicted molar refractivity (Wildman–Crippen MR) is 178 cm³/mol. The normalized spacial score (nSPS) is 11.7. The van der Waals surface area contributed by atoms with Gasteiger partial charge in [-0.25, -0.2) is 9.59 Å². The van der Waals surface area contributed by atoms with E-state index < -0.39 is 24.0 Å². The second-order valence-electron chi connectivity index (χ2n) is 11.0. The summed E-state index contributed by atoms with van der Waals surface area (Å²) in [4.78, 5) is 52.8. The number of benzene rings is 3. The highest BCUT2D eigenvalue weighted by Gasteiger charge is 2.32. The van der Waals surface area contributed by atoms with E-state index in [2.05, 4.69) is 0 Å². The van der Waals surface area contributed by atoms with Crippen LogP contribution in [0.3, 0.4) is 0 Å². The maximum atomic E-state index is 13.0. The number of carbonyl (C=O) groups is 4. The van der Waals surface area contributed by atoms with Crippen LogP contribution in [0.5, 0.6) is 0 Å². The van der Waals surface area contributed by atoms with Crippen LogP contribution in [-0.2, 0) is 30.3 Å². The number of hydrogen-bond donors (Lipinski definition) is 0. The summed E-state index contributed by atoms with van der Waals surface area (Å²) < 4.78 is 14.9. The van der Waals surface area contributed by atoms with E-state index in [1.165, 1.54) is 25.4 Å². The standard InChI is InChI=1S/C20H23NO3.C17H19NO4/c1-14-9-8-10-15(2)19(14)21(16(3)20(23)24-4)18(22)13-17-11-6-5-7-12-17;1-11-7-5-8-12(2)15(11)18(13(3)17(20)21-4)16(19)14-9-6-10-22-14/h5-12,16H,13H2,1-4H3;5-10,13H,1-4H3/t16-;/m1./s1. The van der Waals surface area contributed by atoms with Gasteiger partial charge in [0.05, 0.1) is 38.3 Å². The van der Waals surface area contributed by atoms with Gasteiger partial charge in [0.25, 0.3) is 5.91 Å². The number of anilines is 2. The Kier molecular flexibility index (Phi) is 12.4. The average molecular weight is 627 g/mol. The fourth-order valence-electron chi connectivity index (χ4n) is 5.30. The lowest BCUT2D eigenvalue weighted by atomic mass is 10.0. The molecule has 0 spiro atoms. The van der Waals surface area contributed by atoms with E-state index in [4.69, 9.17) is 13.9 Å². The van der Waals surface area contributed by atoms with Gasteiger partial charge in [-0.15, -0.1) is 0 Å². The minimum atomic E-state index is -0.762. The second kappa shape index (κ2) is 16.2. The van der Waals surface area contributed by atoms with Crippen LogP contribution in [0.2, 0.25) is 0 Å². The molecule has 0 saturated heterocycles. The van der Waals surface area contributed by atoms with E-state index in [0.717, 1.165) is 33.5 Å². The third kappa shape index (κ3) is 8.29. The highest BCUT2D eigenvalue weighted by Crippen LogP contribution is 2.29. The van der Waals surface area contributed by atoms with Gasteiger partial charge >= 0.3 is 11.9 Å². The molecule has 0 aliphatic carbocycles. The van der Waals surface area contributed by atoms with Gasteiger partial charge in [-0.1, -0.05) is 66.7 Å². The van der Waals surface area contributed by atoms with Crippen LogP contribution in [0.25, 0.3) is 0 Å². The number of para-hydroxylation sites is 2. The molecule has 0 bridgehead atoms.